The number of imidazole rings is 1. The Kier molecular flexibility index (Phi) is 2.02. The molecule has 2 heterocycles. The summed E-state index contributed by atoms with van der Waals surface area (Å²) in [6.45, 7) is 7.65. The van der Waals surface area contributed by atoms with E-state index < -0.39 is 0 Å². The van der Waals surface area contributed by atoms with Crippen molar-refractivity contribution in [3.05, 3.63) is 11.9 Å². The van der Waals surface area contributed by atoms with Crippen molar-refractivity contribution in [1.82, 2.24) is 9.55 Å². The second-order valence-corrected chi connectivity index (χ2v) is 4.14. The van der Waals surface area contributed by atoms with Crippen LogP contribution in [-0.4, -0.2) is 16.1 Å². The van der Waals surface area contributed by atoms with Gasteiger partial charge in [0, 0.05) is 18.8 Å². The molecule has 2 rings (SSSR count). The average molecular weight is 179 g/mol. The Morgan fingerprint density at radius 3 is 3.08 bits per heavy atom. The number of rotatable bonds is 1. The van der Waals surface area contributed by atoms with E-state index in [1.807, 2.05) is 6.92 Å². The third-order valence-corrected chi connectivity index (χ3v) is 2.70. The summed E-state index contributed by atoms with van der Waals surface area (Å²) in [6, 6.07) is 0.623. The van der Waals surface area contributed by atoms with Gasteiger partial charge in [-0.05, 0) is 19.3 Å². The Labute approximate surface area is 79.2 Å². The van der Waals surface area contributed by atoms with E-state index in [2.05, 4.69) is 34.9 Å². The van der Waals surface area contributed by atoms with Crippen LogP contribution in [0, 0.1) is 12.8 Å². The number of nitrogens with zero attached hydrogens (tertiary/aromatic N) is 2. The van der Waals surface area contributed by atoms with Crippen LogP contribution in [0.2, 0.25) is 0 Å². The lowest BCUT2D eigenvalue weighted by Gasteiger charge is -2.28. The number of anilines is 1. The number of aryl methyl sites for hydroxylation is 1. The zero-order valence-corrected chi connectivity index (χ0v) is 8.54. The minimum Gasteiger partial charge on any atom is -0.356 e. The number of hydrogen-bond donors (Lipinski definition) is 1. The normalized spacial score (nSPS) is 21.4. The summed E-state index contributed by atoms with van der Waals surface area (Å²) in [5.41, 5.74) is 1.11. The SMILES string of the molecule is Cc1cn2c(n1)NCCC2C(C)C. The van der Waals surface area contributed by atoms with Crippen molar-refractivity contribution in [3.8, 4) is 0 Å². The summed E-state index contributed by atoms with van der Waals surface area (Å²) in [5.74, 6) is 1.73. The van der Waals surface area contributed by atoms with Crippen LogP contribution in [0.15, 0.2) is 6.20 Å². The molecule has 1 atom stereocenters. The van der Waals surface area contributed by atoms with Crippen LogP contribution in [0.4, 0.5) is 5.95 Å². The molecule has 0 saturated heterocycles. The van der Waals surface area contributed by atoms with E-state index in [1.165, 1.54) is 6.42 Å². The molecule has 1 aliphatic heterocycles. The Morgan fingerprint density at radius 2 is 2.38 bits per heavy atom. The first-order valence-electron chi connectivity index (χ1n) is 4.98. The van der Waals surface area contributed by atoms with Gasteiger partial charge in [-0.25, -0.2) is 4.98 Å². The monoisotopic (exact) mass is 179 g/mol. The second-order valence-electron chi connectivity index (χ2n) is 4.14. The van der Waals surface area contributed by atoms with Gasteiger partial charge in [-0.3, -0.25) is 0 Å². The molecule has 1 aliphatic rings. The zero-order valence-electron chi connectivity index (χ0n) is 8.54. The second kappa shape index (κ2) is 3.05. The van der Waals surface area contributed by atoms with Gasteiger partial charge < -0.3 is 9.88 Å². The number of nitrogens with one attached hydrogen (secondary N) is 1. The van der Waals surface area contributed by atoms with Crippen LogP contribution in [-0.2, 0) is 0 Å². The number of fused-ring (bicyclic) bond motifs is 1. The van der Waals surface area contributed by atoms with Crippen LogP contribution in [0.1, 0.15) is 32.0 Å². The van der Waals surface area contributed by atoms with Crippen molar-refractivity contribution >= 4 is 5.95 Å². The standard InChI is InChI=1S/C10H17N3/c1-7(2)9-4-5-11-10-12-8(3)6-13(9)10/h6-7,9H,4-5H2,1-3H3,(H,11,12). The third-order valence-electron chi connectivity index (χ3n) is 2.70. The van der Waals surface area contributed by atoms with Crippen LogP contribution >= 0.6 is 0 Å². The van der Waals surface area contributed by atoms with Crippen molar-refractivity contribution in [3.63, 3.8) is 0 Å². The van der Waals surface area contributed by atoms with E-state index in [1.54, 1.807) is 0 Å². The molecule has 3 heteroatoms. The Balaban J connectivity index is 2.36. The van der Waals surface area contributed by atoms with Crippen LogP contribution in [0.25, 0.3) is 0 Å². The molecule has 0 aromatic carbocycles. The van der Waals surface area contributed by atoms with Gasteiger partial charge in [-0.2, -0.15) is 0 Å². The van der Waals surface area contributed by atoms with Crippen molar-refractivity contribution in [2.45, 2.75) is 33.2 Å². The van der Waals surface area contributed by atoms with Gasteiger partial charge in [0.25, 0.3) is 0 Å². The molecule has 1 aromatic rings. The predicted octanol–water partition coefficient (Wildman–Crippen LogP) is 2.20. The fourth-order valence-electron chi connectivity index (χ4n) is 2.03. The summed E-state index contributed by atoms with van der Waals surface area (Å²) in [7, 11) is 0. The predicted molar refractivity (Wildman–Crippen MR) is 53.9 cm³/mol. The van der Waals surface area contributed by atoms with E-state index in [-0.39, 0.29) is 0 Å². The van der Waals surface area contributed by atoms with Gasteiger partial charge in [0.2, 0.25) is 5.95 Å². The van der Waals surface area contributed by atoms with E-state index in [9.17, 15) is 0 Å². The summed E-state index contributed by atoms with van der Waals surface area (Å²) in [5, 5.41) is 3.32. The van der Waals surface area contributed by atoms with Crippen molar-refractivity contribution in [2.75, 3.05) is 11.9 Å². The minimum absolute atomic E-state index is 0.623. The summed E-state index contributed by atoms with van der Waals surface area (Å²) >= 11 is 0. The summed E-state index contributed by atoms with van der Waals surface area (Å²) < 4.78 is 2.28. The largest absolute Gasteiger partial charge is 0.356 e. The summed E-state index contributed by atoms with van der Waals surface area (Å²) in [6.07, 6.45) is 3.35. The molecule has 1 N–H and O–H groups in total. The van der Waals surface area contributed by atoms with Gasteiger partial charge in [0.15, 0.2) is 0 Å². The van der Waals surface area contributed by atoms with Crippen molar-refractivity contribution < 1.29 is 0 Å². The Morgan fingerprint density at radius 1 is 1.62 bits per heavy atom. The van der Waals surface area contributed by atoms with Gasteiger partial charge in [-0.15, -0.1) is 0 Å². The minimum atomic E-state index is 0.623. The van der Waals surface area contributed by atoms with Gasteiger partial charge in [0.1, 0.15) is 0 Å². The van der Waals surface area contributed by atoms with Crippen LogP contribution < -0.4 is 5.32 Å². The molecular weight excluding hydrogens is 162 g/mol. The van der Waals surface area contributed by atoms with E-state index in [0.717, 1.165) is 18.2 Å². The molecule has 0 radical (unpaired) electrons. The zero-order chi connectivity index (χ0) is 9.42. The van der Waals surface area contributed by atoms with E-state index in [4.69, 9.17) is 0 Å². The molecule has 0 fully saturated rings. The highest BCUT2D eigenvalue weighted by atomic mass is 15.2. The highest BCUT2D eigenvalue weighted by molar-refractivity contribution is 5.31. The smallest absolute Gasteiger partial charge is 0.203 e. The molecule has 3 nitrogen and oxygen atoms in total. The first-order valence-corrected chi connectivity index (χ1v) is 4.98. The fraction of sp³-hybridized carbons (Fsp3) is 0.700. The highest BCUT2D eigenvalue weighted by Gasteiger charge is 2.22. The molecule has 1 unspecified atom stereocenters. The molecule has 1 aromatic heterocycles. The molecule has 0 saturated carbocycles. The third kappa shape index (κ3) is 1.43. The Hall–Kier alpha value is -0.990. The van der Waals surface area contributed by atoms with Gasteiger partial charge >= 0.3 is 0 Å². The maximum atomic E-state index is 4.44. The first-order chi connectivity index (χ1) is 6.18. The lowest BCUT2D eigenvalue weighted by molar-refractivity contribution is 0.350. The van der Waals surface area contributed by atoms with Gasteiger partial charge in [-0.1, -0.05) is 13.8 Å². The lowest BCUT2D eigenvalue weighted by atomic mass is 10.00. The van der Waals surface area contributed by atoms with Crippen LogP contribution in [0.3, 0.4) is 0 Å². The molecule has 0 aliphatic carbocycles. The maximum Gasteiger partial charge on any atom is 0.203 e. The first kappa shape index (κ1) is 8.60. The fourth-order valence-corrected chi connectivity index (χ4v) is 2.03. The highest BCUT2D eigenvalue weighted by Crippen LogP contribution is 2.29. The molecule has 72 valence electrons. The molecule has 0 amide bonds. The van der Waals surface area contributed by atoms with Crippen molar-refractivity contribution in [2.24, 2.45) is 5.92 Å². The topological polar surface area (TPSA) is 29.9 Å². The molecule has 0 bridgehead atoms. The van der Waals surface area contributed by atoms with E-state index in [0.29, 0.717) is 12.0 Å². The quantitative estimate of drug-likeness (QED) is 0.716. The summed E-state index contributed by atoms with van der Waals surface area (Å²) in [4.78, 5) is 4.44. The van der Waals surface area contributed by atoms with E-state index >= 15 is 0 Å². The average Bonchev–Trinajstić information content (AvgIpc) is 2.43. The molecular formula is C10H17N3. The Bertz CT molecular complexity index is 301. The maximum absolute atomic E-state index is 4.44. The van der Waals surface area contributed by atoms with Gasteiger partial charge in [0.05, 0.1) is 5.69 Å². The van der Waals surface area contributed by atoms with Crippen LogP contribution in [0.5, 0.6) is 0 Å². The van der Waals surface area contributed by atoms with Crippen molar-refractivity contribution in [1.29, 1.82) is 0 Å². The lowest BCUT2D eigenvalue weighted by Crippen LogP contribution is -2.25. The number of hydrogen-bond acceptors (Lipinski definition) is 2. The molecule has 0 spiro atoms. The molecule has 13 heavy (non-hydrogen) atoms. The number of aromatic nitrogens is 2.